The predicted molar refractivity (Wildman–Crippen MR) is 117 cm³/mol. The second-order valence-corrected chi connectivity index (χ2v) is 8.63. The first-order chi connectivity index (χ1) is 15.2. The molecule has 32 heavy (non-hydrogen) atoms. The number of aryl methyl sites for hydroxylation is 1. The van der Waals surface area contributed by atoms with Crippen molar-refractivity contribution in [2.45, 2.75) is 71.5 Å². The van der Waals surface area contributed by atoms with E-state index in [2.05, 4.69) is 10.2 Å². The van der Waals surface area contributed by atoms with Gasteiger partial charge in [-0.15, -0.1) is 0 Å². The van der Waals surface area contributed by atoms with E-state index in [-0.39, 0.29) is 30.9 Å². The molecule has 12 nitrogen and oxygen atoms in total. The van der Waals surface area contributed by atoms with Crippen LogP contribution in [0.3, 0.4) is 0 Å². The van der Waals surface area contributed by atoms with E-state index in [1.807, 2.05) is 6.92 Å². The number of aliphatic hydroxyl groups is 1. The zero-order valence-corrected chi connectivity index (χ0v) is 18.4. The van der Waals surface area contributed by atoms with Crippen LogP contribution in [0.2, 0.25) is 0 Å². The molecular formula is C20H31N7O5. The van der Waals surface area contributed by atoms with Crippen LogP contribution in [0.15, 0.2) is 14.4 Å². The predicted octanol–water partition coefficient (Wildman–Crippen LogP) is -0.213. The number of rotatable bonds is 8. The first-order valence-electron chi connectivity index (χ1n) is 10.8. The average Bonchev–Trinajstić information content (AvgIpc) is 3.06. The summed E-state index contributed by atoms with van der Waals surface area (Å²) in [5, 5.41) is 34.6. The van der Waals surface area contributed by atoms with Gasteiger partial charge in [0, 0.05) is 24.5 Å². The number of unbranched alkanes of at least 4 members (excludes halogenated alkanes) is 1. The summed E-state index contributed by atoms with van der Waals surface area (Å²) in [6, 6.07) is -0.469. The molecule has 6 N–H and O–H groups in total. The molecule has 1 fully saturated rings. The Hall–Kier alpha value is -3.15. The molecule has 176 valence electrons. The third kappa shape index (κ3) is 4.14. The summed E-state index contributed by atoms with van der Waals surface area (Å²) >= 11 is 0. The highest BCUT2D eigenvalue weighted by Gasteiger charge is 2.38. The Kier molecular flexibility index (Phi) is 6.72. The maximum Gasteiger partial charge on any atom is 0.343 e. The number of aliphatic hydroxyl groups excluding tert-OH is 1. The van der Waals surface area contributed by atoms with Crippen molar-refractivity contribution >= 4 is 5.84 Å². The monoisotopic (exact) mass is 449 g/mol. The van der Waals surface area contributed by atoms with Gasteiger partial charge in [0.2, 0.25) is 5.88 Å². The molecule has 0 unspecified atom stereocenters. The summed E-state index contributed by atoms with van der Waals surface area (Å²) in [4.78, 5) is 38.2. The van der Waals surface area contributed by atoms with Crippen molar-refractivity contribution in [3.05, 3.63) is 42.7 Å². The van der Waals surface area contributed by atoms with Gasteiger partial charge in [-0.3, -0.25) is 23.9 Å². The molecule has 0 amide bonds. The topological polar surface area (TPSA) is 185 Å². The minimum Gasteiger partial charge on any atom is -0.494 e. The number of nitrogens with zero attached hydrogens (tertiary/aromatic N) is 4. The fourth-order valence-corrected chi connectivity index (χ4v) is 4.49. The lowest BCUT2D eigenvalue weighted by molar-refractivity contribution is 0.0469. The number of aromatic nitrogens is 5. The number of nitrogens with two attached hydrogens (primary N) is 1. The number of nitrogen functional groups attached to an aromatic ring is 1. The lowest BCUT2D eigenvalue weighted by atomic mass is 9.72. The summed E-state index contributed by atoms with van der Waals surface area (Å²) in [7, 11) is 0. The van der Waals surface area contributed by atoms with Crippen molar-refractivity contribution in [3.8, 4) is 5.88 Å². The normalized spacial score (nSPS) is 21.0. The van der Waals surface area contributed by atoms with E-state index in [1.54, 1.807) is 6.92 Å². The summed E-state index contributed by atoms with van der Waals surface area (Å²) in [5.41, 5.74) is 2.83. The van der Waals surface area contributed by atoms with Gasteiger partial charge in [-0.25, -0.2) is 14.7 Å². The van der Waals surface area contributed by atoms with Crippen LogP contribution in [-0.2, 0) is 13.1 Å². The number of nitrogens with one attached hydrogen (secondary N) is 2. The van der Waals surface area contributed by atoms with Crippen LogP contribution < -0.4 is 22.7 Å². The highest BCUT2D eigenvalue weighted by Crippen LogP contribution is 2.41. The third-order valence-corrected chi connectivity index (χ3v) is 6.51. The van der Waals surface area contributed by atoms with Crippen LogP contribution in [0.25, 0.3) is 0 Å². The van der Waals surface area contributed by atoms with E-state index >= 15 is 0 Å². The Morgan fingerprint density at radius 3 is 2.44 bits per heavy atom. The van der Waals surface area contributed by atoms with Gasteiger partial charge in [-0.1, -0.05) is 13.3 Å². The van der Waals surface area contributed by atoms with E-state index in [0.717, 1.165) is 15.6 Å². The molecule has 1 aliphatic carbocycles. The van der Waals surface area contributed by atoms with Crippen molar-refractivity contribution in [2.75, 3.05) is 6.61 Å². The van der Waals surface area contributed by atoms with E-state index in [0.29, 0.717) is 37.9 Å². The SMILES string of the molecule is CCCCn1c(O)c(C(=N)N)c(=O)n(C2CCC(CO)(Cn3c(C)n[nH]c3=O)CC2)c1=O. The Balaban J connectivity index is 1.96. The van der Waals surface area contributed by atoms with Crippen LogP contribution in [0, 0.1) is 17.7 Å². The second kappa shape index (κ2) is 9.15. The van der Waals surface area contributed by atoms with E-state index in [9.17, 15) is 24.6 Å². The highest BCUT2D eigenvalue weighted by molar-refractivity contribution is 5.96. The summed E-state index contributed by atoms with van der Waals surface area (Å²) < 4.78 is 3.67. The minimum absolute atomic E-state index is 0.152. The Morgan fingerprint density at radius 1 is 1.28 bits per heavy atom. The Labute approximate surface area is 183 Å². The van der Waals surface area contributed by atoms with Gasteiger partial charge in [0.15, 0.2) is 0 Å². The van der Waals surface area contributed by atoms with Crippen LogP contribution in [0.4, 0.5) is 0 Å². The lowest BCUT2D eigenvalue weighted by Gasteiger charge is -2.39. The van der Waals surface area contributed by atoms with E-state index in [4.69, 9.17) is 11.1 Å². The maximum atomic E-state index is 13.1. The fourth-order valence-electron chi connectivity index (χ4n) is 4.49. The van der Waals surface area contributed by atoms with Crippen molar-refractivity contribution in [1.82, 2.24) is 23.9 Å². The molecule has 0 aliphatic heterocycles. The van der Waals surface area contributed by atoms with E-state index in [1.165, 1.54) is 4.57 Å². The Bertz CT molecular complexity index is 1160. The van der Waals surface area contributed by atoms with Gasteiger partial charge in [0.25, 0.3) is 5.56 Å². The lowest BCUT2D eigenvalue weighted by Crippen LogP contribution is -2.47. The fraction of sp³-hybridized carbons (Fsp3) is 0.650. The molecule has 3 rings (SSSR count). The highest BCUT2D eigenvalue weighted by atomic mass is 16.3. The van der Waals surface area contributed by atoms with Gasteiger partial charge < -0.3 is 15.9 Å². The molecule has 2 aromatic rings. The minimum atomic E-state index is -0.781. The number of amidine groups is 1. The zero-order chi connectivity index (χ0) is 23.6. The van der Waals surface area contributed by atoms with Crippen LogP contribution in [0.5, 0.6) is 5.88 Å². The molecule has 1 aliphatic rings. The van der Waals surface area contributed by atoms with Gasteiger partial charge in [-0.05, 0) is 39.0 Å². The molecule has 2 aromatic heterocycles. The molecule has 0 saturated heterocycles. The van der Waals surface area contributed by atoms with Gasteiger partial charge >= 0.3 is 11.4 Å². The molecule has 0 spiro atoms. The van der Waals surface area contributed by atoms with Crippen LogP contribution in [0.1, 0.15) is 62.9 Å². The summed E-state index contributed by atoms with van der Waals surface area (Å²) in [6.07, 6.45) is 3.16. The number of hydrogen-bond donors (Lipinski definition) is 5. The van der Waals surface area contributed by atoms with Gasteiger partial charge in [0.05, 0.1) is 6.61 Å². The van der Waals surface area contributed by atoms with Crippen molar-refractivity contribution < 1.29 is 10.2 Å². The van der Waals surface area contributed by atoms with Crippen LogP contribution in [-0.4, -0.2) is 46.6 Å². The van der Waals surface area contributed by atoms with Crippen molar-refractivity contribution in [2.24, 2.45) is 11.1 Å². The molecule has 0 radical (unpaired) electrons. The first kappa shape index (κ1) is 23.5. The second-order valence-electron chi connectivity index (χ2n) is 8.63. The Morgan fingerprint density at radius 2 is 1.94 bits per heavy atom. The third-order valence-electron chi connectivity index (χ3n) is 6.51. The van der Waals surface area contributed by atoms with Gasteiger partial charge in [0.1, 0.15) is 17.2 Å². The number of H-pyrrole nitrogens is 1. The summed E-state index contributed by atoms with van der Waals surface area (Å²) in [6.45, 7) is 3.97. The van der Waals surface area contributed by atoms with E-state index < -0.39 is 34.4 Å². The van der Waals surface area contributed by atoms with Crippen molar-refractivity contribution in [1.29, 1.82) is 5.41 Å². The smallest absolute Gasteiger partial charge is 0.343 e. The van der Waals surface area contributed by atoms with Crippen molar-refractivity contribution in [3.63, 3.8) is 0 Å². The molecule has 1 saturated carbocycles. The quantitative estimate of drug-likeness (QED) is 0.272. The maximum absolute atomic E-state index is 13.1. The molecule has 12 heteroatoms. The van der Waals surface area contributed by atoms with Gasteiger partial charge in [-0.2, -0.15) is 5.10 Å². The zero-order valence-electron chi connectivity index (χ0n) is 18.4. The standard InChI is InChI=1S/C20H31N7O5/c1-3-4-9-25-16(29)14(15(21)22)17(30)27(19(25)32)13-5-7-20(11-28,8-6-13)10-26-12(2)23-24-18(26)31/h13,28-29H,3-11H2,1-2H3,(H3,21,22)(H,24,31). The molecule has 0 atom stereocenters. The molecule has 0 aromatic carbocycles. The largest absolute Gasteiger partial charge is 0.494 e. The van der Waals surface area contributed by atoms with Crippen LogP contribution >= 0.6 is 0 Å². The number of hydrogen-bond acceptors (Lipinski definition) is 7. The number of aromatic hydroxyl groups is 1. The molecule has 0 bridgehead atoms. The molecular weight excluding hydrogens is 418 g/mol. The first-order valence-corrected chi connectivity index (χ1v) is 10.8. The average molecular weight is 450 g/mol. The number of aromatic amines is 1. The summed E-state index contributed by atoms with van der Waals surface area (Å²) in [5.74, 6) is -0.654. The molecule has 2 heterocycles.